The van der Waals surface area contributed by atoms with Gasteiger partial charge in [0.05, 0.1) is 12.2 Å². The van der Waals surface area contributed by atoms with Gasteiger partial charge in [-0.05, 0) is 6.92 Å². The summed E-state index contributed by atoms with van der Waals surface area (Å²) < 4.78 is 12.4. The van der Waals surface area contributed by atoms with Crippen LogP contribution < -0.4 is 11.2 Å². The minimum Gasteiger partial charge on any atom is -0.391 e. The van der Waals surface area contributed by atoms with Crippen molar-refractivity contribution in [2.24, 2.45) is 5.92 Å². The molecule has 0 aliphatic carbocycles. The minimum atomic E-state index is -0.670. The molecular formula is C12H18N2O5. The molecule has 0 spiro atoms. The van der Waals surface area contributed by atoms with Crippen LogP contribution in [0.1, 0.15) is 20.1 Å². The Labute approximate surface area is 109 Å². The van der Waals surface area contributed by atoms with E-state index in [9.17, 15) is 14.7 Å². The normalized spacial score (nSPS) is 32.4. The summed E-state index contributed by atoms with van der Waals surface area (Å²) in [5.41, 5.74) is -1.02. The van der Waals surface area contributed by atoms with Crippen LogP contribution >= 0.6 is 0 Å². The average molecular weight is 270 g/mol. The lowest BCUT2D eigenvalue weighted by atomic mass is 9.97. The summed E-state index contributed by atoms with van der Waals surface area (Å²) in [6.45, 7) is 3.52. The summed E-state index contributed by atoms with van der Waals surface area (Å²) in [6.07, 6.45) is -0.758. The molecule has 2 heterocycles. The molecule has 7 heteroatoms. The molecule has 2 N–H and O–H groups in total. The monoisotopic (exact) mass is 270 g/mol. The van der Waals surface area contributed by atoms with Gasteiger partial charge in [-0.3, -0.25) is 14.3 Å². The summed E-state index contributed by atoms with van der Waals surface area (Å²) in [5, 5.41) is 9.69. The van der Waals surface area contributed by atoms with Gasteiger partial charge in [-0.2, -0.15) is 0 Å². The van der Waals surface area contributed by atoms with Gasteiger partial charge < -0.3 is 14.6 Å². The number of aliphatic hydroxyl groups excluding tert-OH is 1. The zero-order chi connectivity index (χ0) is 14.2. The standard InChI is InChI=1S/C12H18N2O5/c1-6-9(7(2)15)19-11(10(6)18-3)14-5-4-8(16)13-12(14)17/h4-7,9-11,15H,1-3H3,(H,13,16,17)/t6?,7-,9+,10+,11-/m1/s1. The van der Waals surface area contributed by atoms with Crippen molar-refractivity contribution in [1.29, 1.82) is 0 Å². The first-order valence-corrected chi connectivity index (χ1v) is 6.13. The van der Waals surface area contributed by atoms with Gasteiger partial charge in [0.2, 0.25) is 0 Å². The molecule has 0 aromatic carbocycles. The molecule has 1 fully saturated rings. The molecule has 0 saturated carbocycles. The van der Waals surface area contributed by atoms with Gasteiger partial charge >= 0.3 is 5.69 Å². The van der Waals surface area contributed by atoms with E-state index in [-0.39, 0.29) is 12.0 Å². The number of ether oxygens (including phenoxy) is 2. The van der Waals surface area contributed by atoms with Gasteiger partial charge in [0.1, 0.15) is 6.10 Å². The average Bonchev–Trinajstić information content (AvgIpc) is 2.66. The first-order valence-electron chi connectivity index (χ1n) is 6.13. The molecule has 1 unspecified atom stereocenters. The number of aliphatic hydroxyl groups is 1. The van der Waals surface area contributed by atoms with Crippen molar-refractivity contribution in [2.45, 2.75) is 38.4 Å². The number of hydrogen-bond acceptors (Lipinski definition) is 5. The fourth-order valence-electron chi connectivity index (χ4n) is 2.54. The van der Waals surface area contributed by atoms with E-state index in [2.05, 4.69) is 4.98 Å². The lowest BCUT2D eigenvalue weighted by Gasteiger charge is -2.20. The molecule has 2 rings (SSSR count). The van der Waals surface area contributed by atoms with Crippen molar-refractivity contribution in [2.75, 3.05) is 7.11 Å². The maximum absolute atomic E-state index is 11.8. The van der Waals surface area contributed by atoms with Gasteiger partial charge in [0.15, 0.2) is 6.23 Å². The Balaban J connectivity index is 2.38. The van der Waals surface area contributed by atoms with Crippen molar-refractivity contribution in [1.82, 2.24) is 9.55 Å². The van der Waals surface area contributed by atoms with Crippen molar-refractivity contribution >= 4 is 0 Å². The maximum Gasteiger partial charge on any atom is 0.330 e. The summed E-state index contributed by atoms with van der Waals surface area (Å²) >= 11 is 0. The van der Waals surface area contributed by atoms with Gasteiger partial charge in [0, 0.05) is 25.3 Å². The van der Waals surface area contributed by atoms with Gasteiger partial charge in [-0.15, -0.1) is 0 Å². The zero-order valence-electron chi connectivity index (χ0n) is 11.1. The molecule has 7 nitrogen and oxygen atoms in total. The fraction of sp³-hybridized carbons (Fsp3) is 0.667. The quantitative estimate of drug-likeness (QED) is 0.770. The fourth-order valence-corrected chi connectivity index (χ4v) is 2.54. The highest BCUT2D eigenvalue weighted by atomic mass is 16.6. The van der Waals surface area contributed by atoms with Crippen molar-refractivity contribution < 1.29 is 14.6 Å². The van der Waals surface area contributed by atoms with Crippen LogP contribution in [0.2, 0.25) is 0 Å². The van der Waals surface area contributed by atoms with Crippen LogP contribution in [0.5, 0.6) is 0 Å². The molecule has 1 saturated heterocycles. The number of nitrogens with zero attached hydrogens (tertiary/aromatic N) is 1. The van der Waals surface area contributed by atoms with E-state index < -0.39 is 29.7 Å². The third-order valence-electron chi connectivity index (χ3n) is 3.49. The van der Waals surface area contributed by atoms with Crippen molar-refractivity contribution in [3.05, 3.63) is 33.1 Å². The van der Waals surface area contributed by atoms with Gasteiger partial charge in [0.25, 0.3) is 5.56 Å². The van der Waals surface area contributed by atoms with Gasteiger partial charge in [-0.25, -0.2) is 4.79 Å². The molecule has 106 valence electrons. The summed E-state index contributed by atoms with van der Waals surface area (Å²) in [6, 6.07) is 1.25. The topological polar surface area (TPSA) is 93.5 Å². The van der Waals surface area contributed by atoms with E-state index in [0.29, 0.717) is 0 Å². The Morgan fingerprint density at radius 3 is 2.74 bits per heavy atom. The SMILES string of the molecule is CO[C@H]1C(C)[C@@H]([C@@H](C)O)O[C@H]1n1ccc(=O)[nH]c1=O. The Morgan fingerprint density at radius 1 is 1.53 bits per heavy atom. The minimum absolute atomic E-state index is 0.0752. The van der Waals surface area contributed by atoms with Gasteiger partial charge in [-0.1, -0.05) is 6.92 Å². The van der Waals surface area contributed by atoms with Crippen molar-refractivity contribution in [3.63, 3.8) is 0 Å². The lowest BCUT2D eigenvalue weighted by molar-refractivity contribution is -0.0800. The van der Waals surface area contributed by atoms with Crippen LogP contribution in [0.3, 0.4) is 0 Å². The van der Waals surface area contributed by atoms with Crippen LogP contribution in [-0.4, -0.2) is 40.1 Å². The molecule has 1 aromatic heterocycles. The lowest BCUT2D eigenvalue weighted by Crippen LogP contribution is -2.36. The van der Waals surface area contributed by atoms with E-state index in [1.54, 1.807) is 6.92 Å². The third kappa shape index (κ3) is 2.49. The van der Waals surface area contributed by atoms with E-state index in [1.165, 1.54) is 23.9 Å². The summed E-state index contributed by atoms with van der Waals surface area (Å²) in [5.74, 6) is -0.0752. The van der Waals surface area contributed by atoms with E-state index in [4.69, 9.17) is 9.47 Å². The first-order chi connectivity index (χ1) is 8.95. The third-order valence-corrected chi connectivity index (χ3v) is 3.49. The van der Waals surface area contributed by atoms with Crippen molar-refractivity contribution in [3.8, 4) is 0 Å². The number of nitrogens with one attached hydrogen (secondary N) is 1. The molecule has 1 aromatic rings. The summed E-state index contributed by atoms with van der Waals surface area (Å²) in [7, 11) is 1.53. The molecule has 0 amide bonds. The van der Waals surface area contributed by atoms with Crippen LogP contribution in [-0.2, 0) is 9.47 Å². The largest absolute Gasteiger partial charge is 0.391 e. The Kier molecular flexibility index (Phi) is 3.88. The van der Waals surface area contributed by atoms with E-state index in [1.807, 2.05) is 6.92 Å². The van der Waals surface area contributed by atoms with E-state index >= 15 is 0 Å². The number of methoxy groups -OCH3 is 1. The number of H-pyrrole nitrogens is 1. The number of rotatable bonds is 3. The Hall–Kier alpha value is -1.44. The maximum atomic E-state index is 11.8. The Morgan fingerprint density at radius 2 is 2.21 bits per heavy atom. The second-order valence-electron chi connectivity index (χ2n) is 4.81. The second kappa shape index (κ2) is 5.28. The van der Waals surface area contributed by atoms with Crippen LogP contribution in [0.15, 0.2) is 21.9 Å². The summed E-state index contributed by atoms with van der Waals surface area (Å²) in [4.78, 5) is 25.0. The van der Waals surface area contributed by atoms with Crippen LogP contribution in [0.25, 0.3) is 0 Å². The zero-order valence-corrected chi connectivity index (χ0v) is 11.1. The molecule has 1 aliphatic heterocycles. The molecule has 0 radical (unpaired) electrons. The number of hydrogen-bond donors (Lipinski definition) is 2. The molecular weight excluding hydrogens is 252 g/mol. The highest BCUT2D eigenvalue weighted by Crippen LogP contribution is 2.36. The smallest absolute Gasteiger partial charge is 0.330 e. The molecule has 5 atom stereocenters. The first kappa shape index (κ1) is 14.0. The van der Waals surface area contributed by atoms with E-state index in [0.717, 1.165) is 0 Å². The second-order valence-corrected chi connectivity index (χ2v) is 4.81. The number of aromatic amines is 1. The number of aromatic nitrogens is 2. The predicted molar refractivity (Wildman–Crippen MR) is 66.9 cm³/mol. The highest BCUT2D eigenvalue weighted by molar-refractivity contribution is 4.93. The highest BCUT2D eigenvalue weighted by Gasteiger charge is 2.45. The predicted octanol–water partition coefficient (Wildman–Crippen LogP) is -0.534. The Bertz CT molecular complexity index is 550. The molecule has 19 heavy (non-hydrogen) atoms. The van der Waals surface area contributed by atoms with Crippen LogP contribution in [0.4, 0.5) is 0 Å². The molecule has 0 bridgehead atoms. The van der Waals surface area contributed by atoms with Crippen LogP contribution in [0, 0.1) is 5.92 Å². The molecule has 1 aliphatic rings.